The molecule has 112 valence electrons. The normalized spacial score (nSPS) is 31.3. The first-order chi connectivity index (χ1) is 9.45. The van der Waals surface area contributed by atoms with E-state index in [4.69, 9.17) is 9.47 Å². The van der Waals surface area contributed by atoms with Crippen molar-refractivity contribution in [1.82, 2.24) is 0 Å². The van der Waals surface area contributed by atoms with E-state index in [0.717, 1.165) is 10.2 Å². The summed E-state index contributed by atoms with van der Waals surface area (Å²) in [6.07, 6.45) is 0.583. The van der Waals surface area contributed by atoms with Crippen LogP contribution in [0, 0.1) is 11.8 Å². The lowest BCUT2D eigenvalue weighted by Gasteiger charge is -2.25. The monoisotopic (exact) mass is 404 g/mol. The lowest BCUT2D eigenvalue weighted by Crippen LogP contribution is -2.22. The Morgan fingerprint density at radius 2 is 1.95 bits per heavy atom. The van der Waals surface area contributed by atoms with E-state index in [1.807, 2.05) is 19.1 Å². The second-order valence-corrected chi connectivity index (χ2v) is 7.34. The third-order valence-electron chi connectivity index (χ3n) is 4.24. The Balaban J connectivity index is 2.22. The number of halogens is 2. The predicted octanol–water partition coefficient (Wildman–Crippen LogP) is 5.34. The quantitative estimate of drug-likeness (QED) is 0.629. The molecule has 0 N–H and O–H groups in total. The van der Waals surface area contributed by atoms with Gasteiger partial charge in [0.2, 0.25) is 0 Å². The first-order valence-electron chi connectivity index (χ1n) is 7.17. The third kappa shape index (κ3) is 3.23. The average Bonchev–Trinajstić information content (AvgIpc) is 2.63. The van der Waals surface area contributed by atoms with Gasteiger partial charge in [-0.3, -0.25) is 0 Å². The topological polar surface area (TPSA) is 18.5 Å². The Morgan fingerprint density at radius 1 is 1.25 bits per heavy atom. The summed E-state index contributed by atoms with van der Waals surface area (Å²) in [6, 6.07) is 6.21. The number of hydrogen-bond donors (Lipinski definition) is 0. The maximum absolute atomic E-state index is 5.96. The van der Waals surface area contributed by atoms with Crippen molar-refractivity contribution >= 4 is 31.9 Å². The highest BCUT2D eigenvalue weighted by atomic mass is 79.9. The molecule has 1 fully saturated rings. The molecule has 1 aromatic rings. The number of hydrogen-bond acceptors (Lipinski definition) is 2. The molecular formula is C16H22Br2O2. The van der Waals surface area contributed by atoms with Gasteiger partial charge < -0.3 is 9.47 Å². The van der Waals surface area contributed by atoms with Gasteiger partial charge in [-0.1, -0.05) is 44.8 Å². The fourth-order valence-electron chi connectivity index (χ4n) is 2.99. The highest BCUT2D eigenvalue weighted by Crippen LogP contribution is 2.47. The van der Waals surface area contributed by atoms with Gasteiger partial charge in [0.05, 0.1) is 18.8 Å². The van der Waals surface area contributed by atoms with E-state index in [2.05, 4.69) is 58.7 Å². The van der Waals surface area contributed by atoms with Crippen LogP contribution in [0.5, 0.6) is 5.75 Å². The maximum atomic E-state index is 5.96. The van der Waals surface area contributed by atoms with Crippen LogP contribution in [-0.4, -0.2) is 18.8 Å². The molecule has 0 bridgehead atoms. The van der Waals surface area contributed by atoms with E-state index in [0.29, 0.717) is 24.5 Å². The summed E-state index contributed by atoms with van der Waals surface area (Å²) >= 11 is 7.55. The van der Waals surface area contributed by atoms with Crippen LogP contribution in [0.1, 0.15) is 38.1 Å². The van der Waals surface area contributed by atoms with Crippen molar-refractivity contribution in [2.24, 2.45) is 11.8 Å². The molecule has 0 saturated carbocycles. The molecule has 5 atom stereocenters. The molecule has 1 aliphatic rings. The molecular weight excluding hydrogens is 384 g/mol. The molecule has 0 radical (unpaired) electrons. The zero-order chi connectivity index (χ0) is 14.9. The molecule has 20 heavy (non-hydrogen) atoms. The van der Waals surface area contributed by atoms with Gasteiger partial charge in [-0.05, 0) is 44.4 Å². The Kier molecular flexibility index (Phi) is 5.55. The van der Waals surface area contributed by atoms with E-state index in [-0.39, 0.29) is 10.9 Å². The van der Waals surface area contributed by atoms with Crippen molar-refractivity contribution in [2.45, 2.75) is 44.7 Å². The zero-order valence-electron chi connectivity index (χ0n) is 12.4. The van der Waals surface area contributed by atoms with E-state index in [1.54, 1.807) is 0 Å². The number of alkyl halides is 1. The van der Waals surface area contributed by atoms with Gasteiger partial charge in [0, 0.05) is 15.2 Å². The summed E-state index contributed by atoms with van der Waals surface area (Å²) in [6.45, 7) is 9.28. The lowest BCUT2D eigenvalue weighted by atomic mass is 9.84. The standard InChI is InChI=1S/C16H22Br2O2/c1-5-19-12-6-7-13(14(17)8-12)16(18)15-9(2)10(3)20-11(15)4/h6-11,15-16H,5H2,1-4H3. The highest BCUT2D eigenvalue weighted by Gasteiger charge is 2.41. The fourth-order valence-corrected chi connectivity index (χ4v) is 5.22. The molecule has 2 rings (SSSR count). The van der Waals surface area contributed by atoms with E-state index in [1.165, 1.54) is 5.56 Å². The minimum absolute atomic E-state index is 0.267. The zero-order valence-corrected chi connectivity index (χ0v) is 15.6. The Morgan fingerprint density at radius 3 is 2.45 bits per heavy atom. The smallest absolute Gasteiger partial charge is 0.120 e. The first kappa shape index (κ1) is 16.3. The predicted molar refractivity (Wildman–Crippen MR) is 89.6 cm³/mol. The largest absolute Gasteiger partial charge is 0.494 e. The van der Waals surface area contributed by atoms with Crippen molar-refractivity contribution in [1.29, 1.82) is 0 Å². The van der Waals surface area contributed by atoms with Gasteiger partial charge in [-0.2, -0.15) is 0 Å². The van der Waals surface area contributed by atoms with Crippen LogP contribution < -0.4 is 4.74 Å². The van der Waals surface area contributed by atoms with Crippen LogP contribution in [0.15, 0.2) is 22.7 Å². The summed E-state index contributed by atoms with van der Waals surface area (Å²) in [4.78, 5) is 0.280. The number of ether oxygens (including phenoxy) is 2. The molecule has 5 unspecified atom stereocenters. The summed E-state index contributed by atoms with van der Waals surface area (Å²) in [5, 5.41) is 0. The van der Waals surface area contributed by atoms with Crippen LogP contribution in [-0.2, 0) is 4.74 Å². The van der Waals surface area contributed by atoms with Gasteiger partial charge in [-0.15, -0.1) is 0 Å². The first-order valence-corrected chi connectivity index (χ1v) is 8.88. The van der Waals surface area contributed by atoms with Crippen LogP contribution in [0.2, 0.25) is 0 Å². The summed E-state index contributed by atoms with van der Waals surface area (Å²) in [5.41, 5.74) is 1.26. The van der Waals surface area contributed by atoms with Crippen molar-refractivity contribution in [3.8, 4) is 5.75 Å². The van der Waals surface area contributed by atoms with Crippen molar-refractivity contribution in [3.05, 3.63) is 28.2 Å². The van der Waals surface area contributed by atoms with Gasteiger partial charge in [-0.25, -0.2) is 0 Å². The van der Waals surface area contributed by atoms with Crippen LogP contribution in [0.4, 0.5) is 0 Å². The van der Waals surface area contributed by atoms with E-state index >= 15 is 0 Å². The van der Waals surface area contributed by atoms with E-state index < -0.39 is 0 Å². The molecule has 0 aromatic heterocycles. The molecule has 2 nitrogen and oxygen atoms in total. The third-order valence-corrected chi connectivity index (χ3v) is 6.03. The second kappa shape index (κ2) is 6.80. The molecule has 0 amide bonds. The summed E-state index contributed by atoms with van der Waals surface area (Å²) in [5.74, 6) is 1.91. The van der Waals surface area contributed by atoms with Crippen molar-refractivity contribution in [2.75, 3.05) is 6.61 Å². The molecule has 0 spiro atoms. The van der Waals surface area contributed by atoms with Crippen molar-refractivity contribution in [3.63, 3.8) is 0 Å². The fraction of sp³-hybridized carbons (Fsp3) is 0.625. The SMILES string of the molecule is CCOc1ccc(C(Br)C2C(C)OC(C)C2C)c(Br)c1. The van der Waals surface area contributed by atoms with Crippen LogP contribution >= 0.6 is 31.9 Å². The maximum Gasteiger partial charge on any atom is 0.120 e. The van der Waals surface area contributed by atoms with Gasteiger partial charge >= 0.3 is 0 Å². The molecule has 1 aliphatic heterocycles. The number of rotatable bonds is 4. The highest BCUT2D eigenvalue weighted by molar-refractivity contribution is 9.11. The van der Waals surface area contributed by atoms with Gasteiger partial charge in [0.15, 0.2) is 0 Å². The molecule has 1 saturated heterocycles. The Labute approximate surface area is 138 Å². The molecule has 1 heterocycles. The minimum Gasteiger partial charge on any atom is -0.494 e. The summed E-state index contributed by atoms with van der Waals surface area (Å²) in [7, 11) is 0. The van der Waals surface area contributed by atoms with E-state index in [9.17, 15) is 0 Å². The van der Waals surface area contributed by atoms with Gasteiger partial charge in [0.25, 0.3) is 0 Å². The van der Waals surface area contributed by atoms with Gasteiger partial charge in [0.1, 0.15) is 5.75 Å². The lowest BCUT2D eigenvalue weighted by molar-refractivity contribution is 0.0511. The van der Waals surface area contributed by atoms with Crippen LogP contribution in [0.25, 0.3) is 0 Å². The van der Waals surface area contributed by atoms with Crippen molar-refractivity contribution < 1.29 is 9.47 Å². The average molecular weight is 406 g/mol. The molecule has 0 aliphatic carbocycles. The molecule has 1 aromatic carbocycles. The molecule has 4 heteroatoms. The number of benzene rings is 1. The Bertz CT molecular complexity index is 464. The second-order valence-electron chi connectivity index (χ2n) is 5.50. The van der Waals surface area contributed by atoms with Crippen LogP contribution in [0.3, 0.4) is 0 Å². The summed E-state index contributed by atoms with van der Waals surface area (Å²) < 4.78 is 12.6. The minimum atomic E-state index is 0.267. The Hall–Kier alpha value is -0.0600.